The Morgan fingerprint density at radius 2 is 1.66 bits per heavy atom. The van der Waals surface area contributed by atoms with E-state index < -0.39 is 58.5 Å². The molecular weight excluding hydrogens is 580 g/mol. The molecule has 1 aliphatic rings. The topological polar surface area (TPSA) is 108 Å². The summed E-state index contributed by atoms with van der Waals surface area (Å²) in [6, 6.07) is 10.5. The Hall–Kier alpha value is -3.30. The number of benzene rings is 2. The van der Waals surface area contributed by atoms with Crippen molar-refractivity contribution in [3.05, 3.63) is 65.2 Å². The maximum absolute atomic E-state index is 14.8. The van der Waals surface area contributed by atoms with Crippen LogP contribution in [0.2, 0.25) is 0 Å². The van der Waals surface area contributed by atoms with Crippen molar-refractivity contribution < 1.29 is 49.4 Å². The van der Waals surface area contributed by atoms with Crippen LogP contribution in [0.25, 0.3) is 5.57 Å². The second-order valence-corrected chi connectivity index (χ2v) is 11.5. The van der Waals surface area contributed by atoms with Crippen LogP contribution >= 0.6 is 0 Å². The summed E-state index contributed by atoms with van der Waals surface area (Å²) in [6.07, 6.45) is -13.3. The van der Waals surface area contributed by atoms with Gasteiger partial charge in [0.05, 0.1) is 18.4 Å². The maximum Gasteiger partial charge on any atom is 0.411 e. The number of nitrogens with one attached hydrogen (secondary N) is 2. The summed E-state index contributed by atoms with van der Waals surface area (Å²) in [5.74, 6) is -1.26. The molecule has 15 heteroatoms. The number of amides is 1. The van der Waals surface area contributed by atoms with Crippen LogP contribution in [0, 0.1) is 0 Å². The highest BCUT2D eigenvalue weighted by Gasteiger charge is 2.59. The van der Waals surface area contributed by atoms with Crippen LogP contribution in [-0.4, -0.2) is 65.0 Å². The molecule has 8 nitrogen and oxygen atoms in total. The van der Waals surface area contributed by atoms with Gasteiger partial charge in [-0.2, -0.15) is 26.3 Å². The predicted molar refractivity (Wildman–Crippen MR) is 139 cm³/mol. The first-order valence-corrected chi connectivity index (χ1v) is 14.1. The molecule has 226 valence electrons. The first-order chi connectivity index (χ1) is 18.8. The number of alkyl halides is 6. The predicted octanol–water partition coefficient (Wildman–Crippen LogP) is 4.07. The van der Waals surface area contributed by atoms with Crippen molar-refractivity contribution in [1.82, 2.24) is 10.0 Å². The first kappa shape index (κ1) is 32.2. The van der Waals surface area contributed by atoms with Crippen molar-refractivity contribution in [2.45, 2.75) is 43.4 Å². The number of hydrogen-bond acceptors (Lipinski definition) is 7. The summed E-state index contributed by atoms with van der Waals surface area (Å²) >= 11 is 0. The van der Waals surface area contributed by atoms with Gasteiger partial charge in [-0.1, -0.05) is 24.3 Å². The highest BCUT2D eigenvalue weighted by atomic mass is 32.2. The number of hydrogen-bond donors (Lipinski definition) is 3. The summed E-state index contributed by atoms with van der Waals surface area (Å²) in [5.41, 5.74) is -3.32. The average molecular weight is 610 g/mol. The number of sulfonamides is 1. The van der Waals surface area contributed by atoms with Gasteiger partial charge in [-0.05, 0) is 47.4 Å². The number of carbonyl (C=O) groups excluding carboxylic acids is 1. The molecule has 1 aliphatic heterocycles. The van der Waals surface area contributed by atoms with Crippen LogP contribution < -0.4 is 19.7 Å². The van der Waals surface area contributed by atoms with Crippen LogP contribution in [0.1, 0.15) is 30.4 Å². The Balaban J connectivity index is 2.06. The molecule has 3 rings (SSSR count). The molecular formula is C26H29F6N3O5S. The van der Waals surface area contributed by atoms with E-state index in [2.05, 4.69) is 5.32 Å². The van der Waals surface area contributed by atoms with Crippen LogP contribution in [0.5, 0.6) is 5.75 Å². The smallest absolute Gasteiger partial charge is 0.411 e. The SMILES string of the molecule is CN(C)c1ccc(C2=C(C(=O)NS(C)(=O)=O)C(O)N[C@@](c3ccc(OCCCC(F)(F)F)cc3)(C(F)(F)F)C2)cc1. The number of aliphatic hydroxyl groups excluding tert-OH is 1. The highest BCUT2D eigenvalue weighted by molar-refractivity contribution is 7.89. The van der Waals surface area contributed by atoms with Gasteiger partial charge in [-0.3, -0.25) is 10.1 Å². The molecule has 41 heavy (non-hydrogen) atoms. The summed E-state index contributed by atoms with van der Waals surface area (Å²) < 4.78 is 112. The van der Waals surface area contributed by atoms with E-state index in [0.717, 1.165) is 24.3 Å². The zero-order valence-electron chi connectivity index (χ0n) is 22.2. The Labute approximate surface area is 233 Å². The summed E-state index contributed by atoms with van der Waals surface area (Å²) in [6.45, 7) is -0.311. The lowest BCUT2D eigenvalue weighted by molar-refractivity contribution is -0.209. The summed E-state index contributed by atoms with van der Waals surface area (Å²) in [5, 5.41) is 12.9. The lowest BCUT2D eigenvalue weighted by Crippen LogP contribution is -2.61. The van der Waals surface area contributed by atoms with Crippen LogP contribution in [0.15, 0.2) is 54.1 Å². The van der Waals surface area contributed by atoms with Gasteiger partial charge in [0.2, 0.25) is 10.0 Å². The van der Waals surface area contributed by atoms with E-state index in [4.69, 9.17) is 4.74 Å². The van der Waals surface area contributed by atoms with E-state index in [1.54, 1.807) is 35.9 Å². The quantitative estimate of drug-likeness (QED) is 0.291. The maximum atomic E-state index is 14.8. The molecule has 0 saturated carbocycles. The minimum atomic E-state index is -5.04. The van der Waals surface area contributed by atoms with Gasteiger partial charge < -0.3 is 14.7 Å². The molecule has 0 aromatic heterocycles. The lowest BCUT2D eigenvalue weighted by atomic mass is 9.76. The van der Waals surface area contributed by atoms with Crippen LogP contribution in [0.4, 0.5) is 32.0 Å². The number of ether oxygens (including phenoxy) is 1. The number of carbonyl (C=O) groups is 1. The third kappa shape index (κ3) is 7.92. The number of anilines is 1. The van der Waals surface area contributed by atoms with E-state index in [1.807, 2.05) is 0 Å². The zero-order valence-corrected chi connectivity index (χ0v) is 23.0. The number of halogens is 6. The summed E-state index contributed by atoms with van der Waals surface area (Å²) in [4.78, 5) is 14.6. The molecule has 3 N–H and O–H groups in total. The normalized spacial score (nSPS) is 20.1. The minimum Gasteiger partial charge on any atom is -0.494 e. The second kappa shape index (κ2) is 11.9. The molecule has 1 heterocycles. The van der Waals surface area contributed by atoms with Crippen LogP contribution in [-0.2, 0) is 20.4 Å². The van der Waals surface area contributed by atoms with Gasteiger partial charge in [0.15, 0.2) is 0 Å². The van der Waals surface area contributed by atoms with Gasteiger partial charge in [0, 0.05) is 32.6 Å². The standard InChI is InChI=1S/C26H29F6N3O5S/c1-35(2)18-9-5-16(6-10-18)20-15-24(26(30,31)32,33-22(36)21(20)23(37)34-41(3,38)39)17-7-11-19(12-8-17)40-14-4-13-25(27,28)29/h5-12,22,33,36H,4,13-15H2,1-3H3,(H,34,37)/t22?,24-/m0/s1. The Morgan fingerprint density at radius 3 is 2.15 bits per heavy atom. The molecule has 0 radical (unpaired) electrons. The van der Waals surface area contributed by atoms with Crippen molar-refractivity contribution in [2.24, 2.45) is 0 Å². The highest BCUT2D eigenvalue weighted by Crippen LogP contribution is 2.49. The number of aliphatic hydroxyl groups is 1. The van der Waals surface area contributed by atoms with Gasteiger partial charge in [-0.25, -0.2) is 13.1 Å². The van der Waals surface area contributed by atoms with Gasteiger partial charge in [-0.15, -0.1) is 0 Å². The Bertz CT molecular complexity index is 1370. The first-order valence-electron chi connectivity index (χ1n) is 12.2. The second-order valence-electron chi connectivity index (χ2n) is 9.76. The largest absolute Gasteiger partial charge is 0.494 e. The molecule has 2 aromatic rings. The minimum absolute atomic E-state index is 0.0351. The molecule has 2 aromatic carbocycles. The number of rotatable bonds is 9. The molecule has 0 aliphatic carbocycles. The molecule has 1 amide bonds. The summed E-state index contributed by atoms with van der Waals surface area (Å²) in [7, 11) is -0.646. The number of nitrogens with zero attached hydrogens (tertiary/aromatic N) is 1. The molecule has 0 fully saturated rings. The Morgan fingerprint density at radius 1 is 1.07 bits per heavy atom. The third-order valence-corrected chi connectivity index (χ3v) is 6.94. The fourth-order valence-electron chi connectivity index (χ4n) is 4.41. The van der Waals surface area contributed by atoms with E-state index >= 15 is 0 Å². The third-order valence-electron chi connectivity index (χ3n) is 6.38. The van der Waals surface area contributed by atoms with E-state index in [0.29, 0.717) is 11.9 Å². The van der Waals surface area contributed by atoms with E-state index in [1.165, 1.54) is 12.1 Å². The zero-order chi connectivity index (χ0) is 30.8. The van der Waals surface area contributed by atoms with Gasteiger partial charge in [0.1, 0.15) is 17.5 Å². The Kier molecular flexibility index (Phi) is 9.35. The van der Waals surface area contributed by atoms with E-state index in [9.17, 15) is 44.7 Å². The van der Waals surface area contributed by atoms with Crippen molar-refractivity contribution in [1.29, 1.82) is 0 Å². The molecule has 2 atom stereocenters. The van der Waals surface area contributed by atoms with Crippen molar-refractivity contribution >= 4 is 27.2 Å². The lowest BCUT2D eigenvalue weighted by Gasteiger charge is -2.44. The molecule has 1 unspecified atom stereocenters. The average Bonchev–Trinajstić information content (AvgIpc) is 2.84. The van der Waals surface area contributed by atoms with Crippen LogP contribution in [0.3, 0.4) is 0 Å². The van der Waals surface area contributed by atoms with E-state index in [-0.39, 0.29) is 35.5 Å². The fraction of sp³-hybridized carbons (Fsp3) is 0.423. The fourth-order valence-corrected chi connectivity index (χ4v) is 4.86. The van der Waals surface area contributed by atoms with Crippen molar-refractivity contribution in [3.8, 4) is 5.75 Å². The molecule has 0 bridgehead atoms. The van der Waals surface area contributed by atoms with Gasteiger partial charge >= 0.3 is 12.4 Å². The monoisotopic (exact) mass is 609 g/mol. The van der Waals surface area contributed by atoms with Crippen molar-refractivity contribution in [2.75, 3.05) is 31.9 Å². The van der Waals surface area contributed by atoms with Crippen molar-refractivity contribution in [3.63, 3.8) is 0 Å². The molecule has 0 spiro atoms. The molecule has 0 saturated heterocycles. The van der Waals surface area contributed by atoms with Gasteiger partial charge in [0.25, 0.3) is 5.91 Å².